The molecule has 8 heteroatoms. The lowest BCUT2D eigenvalue weighted by atomic mass is 10.1. The second-order valence-electron chi connectivity index (χ2n) is 6.58. The fourth-order valence-electron chi connectivity index (χ4n) is 3.04. The zero-order valence-electron chi connectivity index (χ0n) is 16.1. The van der Waals surface area contributed by atoms with Crippen LogP contribution in [0.3, 0.4) is 0 Å². The fraction of sp³-hybridized carbons (Fsp3) is 0.136. The van der Waals surface area contributed by atoms with Crippen LogP contribution in [0.1, 0.15) is 22.3 Å². The Bertz CT molecular complexity index is 1220. The number of hydrogen-bond donors (Lipinski definition) is 1. The molecular formula is C22H18N4O4. The van der Waals surface area contributed by atoms with E-state index < -0.39 is 10.5 Å². The first-order valence-electron chi connectivity index (χ1n) is 9.11. The zero-order chi connectivity index (χ0) is 21.7. The molecule has 8 nitrogen and oxygen atoms in total. The summed E-state index contributed by atoms with van der Waals surface area (Å²) < 4.78 is 1.15. The first kappa shape index (κ1) is 20.5. The minimum atomic E-state index is -0.573. The van der Waals surface area contributed by atoms with Gasteiger partial charge >= 0.3 is 0 Å². The van der Waals surface area contributed by atoms with Gasteiger partial charge in [-0.05, 0) is 30.5 Å². The molecule has 0 unspecified atom stereocenters. The smallest absolute Gasteiger partial charge is 0.271 e. The van der Waals surface area contributed by atoms with Crippen LogP contribution in [0, 0.1) is 28.4 Å². The molecule has 3 aromatic rings. The zero-order valence-corrected chi connectivity index (χ0v) is 16.1. The van der Waals surface area contributed by atoms with E-state index in [4.69, 9.17) is 0 Å². The second-order valence-corrected chi connectivity index (χ2v) is 6.58. The lowest BCUT2D eigenvalue weighted by Crippen LogP contribution is -2.26. The Balaban J connectivity index is 2.02. The molecule has 0 saturated carbocycles. The molecule has 0 aliphatic rings. The molecular weight excluding hydrogens is 384 g/mol. The van der Waals surface area contributed by atoms with Gasteiger partial charge in [-0.1, -0.05) is 36.4 Å². The number of non-ortho nitro benzene ring substituents is 1. The number of rotatable bonds is 6. The van der Waals surface area contributed by atoms with Gasteiger partial charge in [-0.3, -0.25) is 24.5 Å². The number of aryl methyl sites for hydroxylation is 1. The predicted octanol–water partition coefficient (Wildman–Crippen LogP) is 3.64. The van der Waals surface area contributed by atoms with E-state index in [0.717, 1.165) is 10.1 Å². The van der Waals surface area contributed by atoms with Crippen LogP contribution < -0.4 is 5.56 Å². The number of nitro groups is 1. The molecule has 0 spiro atoms. The summed E-state index contributed by atoms with van der Waals surface area (Å²) in [6.45, 7) is 1.73. The van der Waals surface area contributed by atoms with Crippen LogP contribution in [-0.2, 0) is 13.0 Å². The van der Waals surface area contributed by atoms with E-state index >= 15 is 0 Å². The molecule has 0 saturated heterocycles. The van der Waals surface area contributed by atoms with Crippen molar-refractivity contribution in [2.45, 2.75) is 19.9 Å². The van der Waals surface area contributed by atoms with E-state index in [1.807, 2.05) is 36.4 Å². The van der Waals surface area contributed by atoms with E-state index in [0.29, 0.717) is 17.7 Å². The lowest BCUT2D eigenvalue weighted by molar-refractivity contribution is -0.384. The van der Waals surface area contributed by atoms with Crippen LogP contribution in [0.15, 0.2) is 64.4 Å². The fourth-order valence-corrected chi connectivity index (χ4v) is 3.04. The number of aromatic hydroxyl groups is 1. The quantitative estimate of drug-likeness (QED) is 0.383. The van der Waals surface area contributed by atoms with E-state index in [1.165, 1.54) is 24.4 Å². The van der Waals surface area contributed by atoms with Crippen LogP contribution in [-0.4, -0.2) is 20.8 Å². The first-order chi connectivity index (χ1) is 14.4. The summed E-state index contributed by atoms with van der Waals surface area (Å²) in [7, 11) is 0. The standard InChI is InChI=1S/C22H18N4O4/c1-15-19(13-23)21(27)25(11-10-16-6-3-2-4-7-16)22(28)20(15)14-24-17-8-5-9-18(12-17)26(29)30/h2-9,12,14,28H,10-11H2,1H3. The van der Waals surface area contributed by atoms with E-state index in [9.17, 15) is 25.3 Å². The summed E-state index contributed by atoms with van der Waals surface area (Å²) in [6, 6.07) is 17.1. The van der Waals surface area contributed by atoms with Gasteiger partial charge in [0.05, 0.1) is 16.2 Å². The van der Waals surface area contributed by atoms with Crippen LogP contribution in [0.5, 0.6) is 5.88 Å². The maximum absolute atomic E-state index is 12.7. The highest BCUT2D eigenvalue weighted by molar-refractivity contribution is 5.87. The summed E-state index contributed by atoms with van der Waals surface area (Å²) in [5, 5.41) is 31.1. The molecule has 0 fully saturated rings. The van der Waals surface area contributed by atoms with Gasteiger partial charge in [0, 0.05) is 24.9 Å². The van der Waals surface area contributed by atoms with Crippen molar-refractivity contribution in [3.63, 3.8) is 0 Å². The number of nitrogens with zero attached hydrogens (tertiary/aromatic N) is 4. The number of benzene rings is 2. The largest absolute Gasteiger partial charge is 0.494 e. The number of aromatic nitrogens is 1. The van der Waals surface area contributed by atoms with Crippen LogP contribution >= 0.6 is 0 Å². The number of hydrogen-bond acceptors (Lipinski definition) is 6. The van der Waals surface area contributed by atoms with Crippen molar-refractivity contribution in [2.24, 2.45) is 4.99 Å². The maximum Gasteiger partial charge on any atom is 0.271 e. The third-order valence-electron chi connectivity index (χ3n) is 4.70. The van der Waals surface area contributed by atoms with Crippen molar-refractivity contribution in [2.75, 3.05) is 0 Å². The van der Waals surface area contributed by atoms with Crippen molar-refractivity contribution in [1.29, 1.82) is 5.26 Å². The normalized spacial score (nSPS) is 10.8. The molecule has 0 aliphatic heterocycles. The van der Waals surface area contributed by atoms with Crippen molar-refractivity contribution in [3.8, 4) is 11.9 Å². The summed E-state index contributed by atoms with van der Waals surface area (Å²) in [5.74, 6) is -0.304. The van der Waals surface area contributed by atoms with Crippen molar-refractivity contribution in [3.05, 3.63) is 97.3 Å². The summed E-state index contributed by atoms with van der Waals surface area (Å²) in [6.07, 6.45) is 1.80. The highest BCUT2D eigenvalue weighted by Crippen LogP contribution is 2.23. The summed E-state index contributed by atoms with van der Waals surface area (Å²) >= 11 is 0. The van der Waals surface area contributed by atoms with Crippen molar-refractivity contribution >= 4 is 17.6 Å². The number of pyridine rings is 1. The minimum Gasteiger partial charge on any atom is -0.494 e. The Hall–Kier alpha value is -4.25. The molecule has 150 valence electrons. The van der Waals surface area contributed by atoms with Crippen molar-refractivity contribution < 1.29 is 10.0 Å². The van der Waals surface area contributed by atoms with Gasteiger partial charge < -0.3 is 5.11 Å². The third kappa shape index (κ3) is 4.25. The van der Waals surface area contributed by atoms with Gasteiger partial charge in [0.2, 0.25) is 5.88 Å². The van der Waals surface area contributed by atoms with Crippen molar-refractivity contribution in [1.82, 2.24) is 4.57 Å². The molecule has 3 rings (SSSR count). The SMILES string of the molecule is Cc1c(C=Nc2cccc([N+](=O)[O-])c2)c(O)n(CCc2ccccc2)c(=O)c1C#N. The summed E-state index contributed by atoms with van der Waals surface area (Å²) in [5.41, 5.74) is 1.03. The Kier molecular flexibility index (Phi) is 6.03. The van der Waals surface area contributed by atoms with Gasteiger partial charge in [0.1, 0.15) is 11.6 Å². The lowest BCUT2D eigenvalue weighted by Gasteiger charge is -2.14. The molecule has 0 atom stereocenters. The Morgan fingerprint density at radius 1 is 1.23 bits per heavy atom. The molecule has 0 bridgehead atoms. The number of nitro benzene ring substituents is 1. The molecule has 1 heterocycles. The first-order valence-corrected chi connectivity index (χ1v) is 9.11. The highest BCUT2D eigenvalue weighted by Gasteiger charge is 2.18. The topological polar surface area (TPSA) is 122 Å². The van der Waals surface area contributed by atoms with Gasteiger partial charge in [-0.25, -0.2) is 0 Å². The average molecular weight is 402 g/mol. The molecule has 30 heavy (non-hydrogen) atoms. The van der Waals surface area contributed by atoms with Crippen LogP contribution in [0.4, 0.5) is 11.4 Å². The summed E-state index contributed by atoms with van der Waals surface area (Å²) in [4.78, 5) is 27.3. The Labute approximate surface area is 172 Å². The molecule has 1 aromatic heterocycles. The molecule has 2 aromatic carbocycles. The molecule has 0 radical (unpaired) electrons. The minimum absolute atomic E-state index is 0.0821. The van der Waals surface area contributed by atoms with E-state index in [1.54, 1.807) is 13.0 Å². The maximum atomic E-state index is 12.7. The predicted molar refractivity (Wildman–Crippen MR) is 112 cm³/mol. The van der Waals surface area contributed by atoms with E-state index in [-0.39, 0.29) is 29.2 Å². The van der Waals surface area contributed by atoms with Crippen LogP contribution in [0.2, 0.25) is 0 Å². The van der Waals surface area contributed by atoms with Gasteiger partial charge in [0.15, 0.2) is 0 Å². The van der Waals surface area contributed by atoms with Gasteiger partial charge in [0.25, 0.3) is 11.2 Å². The molecule has 0 aliphatic carbocycles. The Morgan fingerprint density at radius 3 is 2.63 bits per heavy atom. The molecule has 1 N–H and O–H groups in total. The third-order valence-corrected chi connectivity index (χ3v) is 4.70. The monoisotopic (exact) mass is 402 g/mol. The van der Waals surface area contributed by atoms with Gasteiger partial charge in [-0.2, -0.15) is 5.26 Å². The number of nitriles is 1. The Morgan fingerprint density at radius 2 is 1.97 bits per heavy atom. The second kappa shape index (κ2) is 8.84. The van der Waals surface area contributed by atoms with Crippen LogP contribution in [0.25, 0.3) is 0 Å². The number of aliphatic imine (C=N–C) groups is 1. The van der Waals surface area contributed by atoms with E-state index in [2.05, 4.69) is 4.99 Å². The van der Waals surface area contributed by atoms with Gasteiger partial charge in [-0.15, -0.1) is 0 Å². The highest BCUT2D eigenvalue weighted by atomic mass is 16.6. The molecule has 0 amide bonds. The average Bonchev–Trinajstić information content (AvgIpc) is 2.75.